The third-order valence-corrected chi connectivity index (χ3v) is 4.85. The first kappa shape index (κ1) is 20.6. The Kier molecular flexibility index (Phi) is 7.81. The molecule has 0 aliphatic carbocycles. The first-order valence-electron chi connectivity index (χ1n) is 8.62. The molecule has 1 saturated heterocycles. The molecule has 1 N–H and O–H groups in total. The molecule has 142 valence electrons. The molecule has 0 spiro atoms. The van der Waals surface area contributed by atoms with E-state index in [9.17, 15) is 4.79 Å². The molecule has 2 heterocycles. The van der Waals surface area contributed by atoms with E-state index in [0.29, 0.717) is 16.8 Å². The van der Waals surface area contributed by atoms with Gasteiger partial charge in [0, 0.05) is 23.7 Å². The average Bonchev–Trinajstić information content (AvgIpc) is 3.09. The van der Waals surface area contributed by atoms with Gasteiger partial charge in [-0.3, -0.25) is 4.79 Å². The highest BCUT2D eigenvalue weighted by molar-refractivity contribution is 6.30. The molecule has 0 unspecified atom stereocenters. The van der Waals surface area contributed by atoms with Crippen LogP contribution >= 0.6 is 24.0 Å². The minimum absolute atomic E-state index is 0. The van der Waals surface area contributed by atoms with Crippen LogP contribution in [0.25, 0.3) is 11.4 Å². The number of amides is 1. The van der Waals surface area contributed by atoms with Gasteiger partial charge in [0.25, 0.3) is 0 Å². The Morgan fingerprint density at radius 1 is 1.27 bits per heavy atom. The van der Waals surface area contributed by atoms with Crippen LogP contribution in [0, 0.1) is 5.92 Å². The fourth-order valence-corrected chi connectivity index (χ4v) is 3.19. The second kappa shape index (κ2) is 9.85. The Morgan fingerprint density at radius 3 is 2.62 bits per heavy atom. The summed E-state index contributed by atoms with van der Waals surface area (Å²) in [4.78, 5) is 15.7. The summed E-state index contributed by atoms with van der Waals surface area (Å²) < 4.78 is 0. The number of hydrogen-bond acceptors (Lipinski definition) is 5. The predicted octanol–water partition coefficient (Wildman–Crippen LogP) is 2.26. The SMILES string of the molecule is CNCCC1CCN(C(=O)Cn2nnc(-c3ccc(Cl)cc3)n2)CC1.Cl. The summed E-state index contributed by atoms with van der Waals surface area (Å²) in [6.45, 7) is 2.79. The average molecular weight is 399 g/mol. The topological polar surface area (TPSA) is 75.9 Å². The Hall–Kier alpha value is -1.70. The molecule has 9 heteroatoms. The molecule has 0 atom stereocenters. The number of rotatable bonds is 6. The van der Waals surface area contributed by atoms with Gasteiger partial charge in [0.2, 0.25) is 11.7 Å². The smallest absolute Gasteiger partial charge is 0.246 e. The molecule has 3 rings (SSSR count). The Morgan fingerprint density at radius 2 is 1.96 bits per heavy atom. The summed E-state index contributed by atoms with van der Waals surface area (Å²) in [7, 11) is 1.97. The fraction of sp³-hybridized carbons (Fsp3) is 0.529. The van der Waals surface area contributed by atoms with Gasteiger partial charge in [-0.25, -0.2) is 0 Å². The van der Waals surface area contributed by atoms with E-state index >= 15 is 0 Å². The molecule has 1 aromatic heterocycles. The van der Waals surface area contributed by atoms with E-state index in [1.807, 2.05) is 24.1 Å². The molecule has 0 saturated carbocycles. The van der Waals surface area contributed by atoms with E-state index in [-0.39, 0.29) is 24.9 Å². The quantitative estimate of drug-likeness (QED) is 0.807. The predicted molar refractivity (Wildman–Crippen MR) is 103 cm³/mol. The lowest BCUT2D eigenvalue weighted by Crippen LogP contribution is -2.40. The molecule has 1 aliphatic rings. The number of benzene rings is 1. The largest absolute Gasteiger partial charge is 0.341 e. The van der Waals surface area contributed by atoms with Crippen molar-refractivity contribution >= 4 is 29.9 Å². The molecule has 1 aromatic carbocycles. The van der Waals surface area contributed by atoms with Crippen molar-refractivity contribution in [2.75, 3.05) is 26.7 Å². The van der Waals surface area contributed by atoms with E-state index in [0.717, 1.165) is 38.0 Å². The summed E-state index contributed by atoms with van der Waals surface area (Å²) in [5.74, 6) is 1.25. The number of carbonyl (C=O) groups excluding carboxylic acids is 1. The highest BCUT2D eigenvalue weighted by atomic mass is 35.5. The number of piperidine rings is 1. The van der Waals surface area contributed by atoms with Crippen molar-refractivity contribution in [1.82, 2.24) is 30.4 Å². The van der Waals surface area contributed by atoms with Crippen molar-refractivity contribution in [3.8, 4) is 11.4 Å². The van der Waals surface area contributed by atoms with E-state index < -0.39 is 0 Å². The van der Waals surface area contributed by atoms with Crippen molar-refractivity contribution in [2.45, 2.75) is 25.8 Å². The van der Waals surface area contributed by atoms with Gasteiger partial charge < -0.3 is 10.2 Å². The van der Waals surface area contributed by atoms with Crippen LogP contribution in [0.3, 0.4) is 0 Å². The number of tetrazole rings is 1. The zero-order chi connectivity index (χ0) is 17.6. The number of nitrogens with zero attached hydrogens (tertiary/aromatic N) is 5. The van der Waals surface area contributed by atoms with Crippen LogP contribution in [0.4, 0.5) is 0 Å². The maximum atomic E-state index is 12.4. The molecular formula is C17H24Cl2N6O. The molecule has 0 bridgehead atoms. The molecule has 7 nitrogen and oxygen atoms in total. The Labute approximate surface area is 164 Å². The lowest BCUT2D eigenvalue weighted by atomic mass is 9.93. The molecule has 1 amide bonds. The third kappa shape index (κ3) is 5.40. The van der Waals surface area contributed by atoms with E-state index in [1.165, 1.54) is 11.2 Å². The van der Waals surface area contributed by atoms with Crippen LogP contribution in [0.15, 0.2) is 24.3 Å². The molecule has 2 aromatic rings. The standard InChI is InChI=1S/C17H23ClN6O.ClH/c1-19-9-6-13-7-10-23(11-8-13)16(25)12-24-21-17(20-22-24)14-2-4-15(18)5-3-14;/h2-5,13,19H,6-12H2,1H3;1H. The van der Waals surface area contributed by atoms with Crippen molar-refractivity contribution in [3.63, 3.8) is 0 Å². The molecule has 0 radical (unpaired) electrons. The lowest BCUT2D eigenvalue weighted by Gasteiger charge is -2.31. The number of aromatic nitrogens is 4. The maximum absolute atomic E-state index is 12.4. The third-order valence-electron chi connectivity index (χ3n) is 4.60. The minimum atomic E-state index is 0. The van der Waals surface area contributed by atoms with Crippen LogP contribution in [0.5, 0.6) is 0 Å². The lowest BCUT2D eigenvalue weighted by molar-refractivity contribution is -0.133. The van der Waals surface area contributed by atoms with Gasteiger partial charge in [-0.15, -0.1) is 22.6 Å². The van der Waals surface area contributed by atoms with Crippen molar-refractivity contribution in [1.29, 1.82) is 0 Å². The summed E-state index contributed by atoms with van der Waals surface area (Å²) in [5, 5.41) is 16.2. The normalized spacial score (nSPS) is 14.9. The molecular weight excluding hydrogens is 375 g/mol. The number of halogens is 2. The van der Waals surface area contributed by atoms with Crippen LogP contribution in [0.2, 0.25) is 5.02 Å². The van der Waals surface area contributed by atoms with E-state index in [1.54, 1.807) is 12.1 Å². The monoisotopic (exact) mass is 398 g/mol. The van der Waals surface area contributed by atoms with Gasteiger partial charge >= 0.3 is 0 Å². The first-order chi connectivity index (χ1) is 12.2. The van der Waals surface area contributed by atoms with Gasteiger partial charge in [-0.1, -0.05) is 11.6 Å². The van der Waals surface area contributed by atoms with Gasteiger partial charge in [0.05, 0.1) is 0 Å². The number of nitrogens with one attached hydrogen (secondary N) is 1. The molecule has 26 heavy (non-hydrogen) atoms. The second-order valence-corrected chi connectivity index (χ2v) is 6.80. The van der Waals surface area contributed by atoms with Crippen molar-refractivity contribution in [3.05, 3.63) is 29.3 Å². The van der Waals surface area contributed by atoms with Crippen molar-refractivity contribution in [2.24, 2.45) is 5.92 Å². The highest BCUT2D eigenvalue weighted by Gasteiger charge is 2.23. The van der Waals surface area contributed by atoms with Crippen LogP contribution in [-0.2, 0) is 11.3 Å². The van der Waals surface area contributed by atoms with Crippen LogP contribution in [0.1, 0.15) is 19.3 Å². The van der Waals surface area contributed by atoms with Gasteiger partial charge in [0.15, 0.2) is 0 Å². The second-order valence-electron chi connectivity index (χ2n) is 6.37. The first-order valence-corrected chi connectivity index (χ1v) is 8.99. The molecule has 1 aliphatic heterocycles. The fourth-order valence-electron chi connectivity index (χ4n) is 3.07. The van der Waals surface area contributed by atoms with Gasteiger partial charge in [-0.2, -0.15) is 4.80 Å². The zero-order valence-corrected chi connectivity index (χ0v) is 16.3. The van der Waals surface area contributed by atoms with Gasteiger partial charge in [0.1, 0.15) is 6.54 Å². The minimum Gasteiger partial charge on any atom is -0.341 e. The number of likely N-dealkylation sites (tertiary alicyclic amines) is 1. The van der Waals surface area contributed by atoms with Crippen molar-refractivity contribution < 1.29 is 4.79 Å². The number of carbonyl (C=O) groups is 1. The maximum Gasteiger partial charge on any atom is 0.246 e. The van der Waals surface area contributed by atoms with E-state index in [2.05, 4.69) is 20.7 Å². The highest BCUT2D eigenvalue weighted by Crippen LogP contribution is 2.20. The van der Waals surface area contributed by atoms with E-state index in [4.69, 9.17) is 11.6 Å². The summed E-state index contributed by atoms with van der Waals surface area (Å²) >= 11 is 5.88. The summed E-state index contributed by atoms with van der Waals surface area (Å²) in [6.07, 6.45) is 3.30. The van der Waals surface area contributed by atoms with Crippen LogP contribution < -0.4 is 5.32 Å². The Bertz CT molecular complexity index is 698. The summed E-state index contributed by atoms with van der Waals surface area (Å²) in [5.41, 5.74) is 0.827. The summed E-state index contributed by atoms with van der Waals surface area (Å²) in [6, 6.07) is 7.23. The van der Waals surface area contributed by atoms with Gasteiger partial charge in [-0.05, 0) is 68.3 Å². The zero-order valence-electron chi connectivity index (χ0n) is 14.8. The molecule has 1 fully saturated rings. The Balaban J connectivity index is 0.00000243. The van der Waals surface area contributed by atoms with Crippen LogP contribution in [-0.4, -0.2) is 57.7 Å². The number of hydrogen-bond donors (Lipinski definition) is 1.